The number of halogens is 2. The molecule has 2 aromatic rings. The van der Waals surface area contributed by atoms with Gasteiger partial charge >= 0.3 is 0 Å². The summed E-state index contributed by atoms with van der Waals surface area (Å²) in [6, 6.07) is 13.6. The smallest absolute Gasteiger partial charge is 0.243 e. The third-order valence-corrected chi connectivity index (χ3v) is 8.00. The fourth-order valence-electron chi connectivity index (χ4n) is 3.66. The molecule has 5 nitrogen and oxygen atoms in total. The molecule has 1 aliphatic carbocycles. The second kappa shape index (κ2) is 10.8. The van der Waals surface area contributed by atoms with Gasteiger partial charge in [-0.1, -0.05) is 71.4 Å². The Morgan fingerprint density at radius 3 is 2.30 bits per heavy atom. The molecule has 1 amide bonds. The van der Waals surface area contributed by atoms with Gasteiger partial charge in [0.2, 0.25) is 15.9 Å². The Labute approximate surface area is 192 Å². The van der Waals surface area contributed by atoms with Gasteiger partial charge < -0.3 is 5.32 Å². The third-order valence-electron chi connectivity index (χ3n) is 5.30. The van der Waals surface area contributed by atoms with Gasteiger partial charge in [0.15, 0.2) is 0 Å². The molecule has 1 aliphatic rings. The van der Waals surface area contributed by atoms with Crippen LogP contribution in [0.3, 0.4) is 0 Å². The number of hydrogen-bond donors (Lipinski definition) is 1. The summed E-state index contributed by atoms with van der Waals surface area (Å²) in [7, 11) is -3.88. The van der Waals surface area contributed by atoms with Crippen LogP contribution in [0.15, 0.2) is 57.9 Å². The molecule has 0 radical (unpaired) electrons. The van der Waals surface area contributed by atoms with E-state index in [1.54, 1.807) is 36.4 Å². The third kappa shape index (κ3) is 6.30. The molecule has 0 spiro atoms. The zero-order valence-electron chi connectivity index (χ0n) is 16.7. The molecule has 1 fully saturated rings. The summed E-state index contributed by atoms with van der Waals surface area (Å²) in [6.07, 6.45) is 6.42. The quantitative estimate of drug-likeness (QED) is 0.522. The van der Waals surface area contributed by atoms with Crippen molar-refractivity contribution in [2.45, 2.75) is 56.0 Å². The number of sulfonamides is 1. The highest BCUT2D eigenvalue weighted by molar-refractivity contribution is 9.10. The van der Waals surface area contributed by atoms with E-state index < -0.39 is 10.0 Å². The molecule has 8 heteroatoms. The lowest BCUT2D eigenvalue weighted by molar-refractivity contribution is -0.122. The van der Waals surface area contributed by atoms with Crippen molar-refractivity contribution in [1.29, 1.82) is 0 Å². The van der Waals surface area contributed by atoms with E-state index in [4.69, 9.17) is 11.6 Å². The second-order valence-corrected chi connectivity index (χ2v) is 10.8. The zero-order chi connectivity index (χ0) is 21.6. The first-order valence-corrected chi connectivity index (χ1v) is 12.8. The fraction of sp³-hybridized carbons (Fsp3) is 0.409. The summed E-state index contributed by atoms with van der Waals surface area (Å²) in [6.45, 7) is -0.226. The zero-order valence-corrected chi connectivity index (χ0v) is 19.8. The van der Waals surface area contributed by atoms with Gasteiger partial charge in [-0.25, -0.2) is 8.42 Å². The first-order chi connectivity index (χ1) is 14.4. The number of carbonyl (C=O) groups is 1. The van der Waals surface area contributed by atoms with Gasteiger partial charge in [-0.2, -0.15) is 4.31 Å². The summed E-state index contributed by atoms with van der Waals surface area (Å²) in [5.74, 6) is -0.283. The first kappa shape index (κ1) is 23.3. The van der Waals surface area contributed by atoms with Crippen molar-refractivity contribution in [3.05, 3.63) is 63.6 Å². The highest BCUT2D eigenvalue weighted by Gasteiger charge is 2.28. The van der Waals surface area contributed by atoms with Gasteiger partial charge in [-0.15, -0.1) is 0 Å². The topological polar surface area (TPSA) is 66.5 Å². The molecule has 162 valence electrons. The fourth-order valence-corrected chi connectivity index (χ4v) is 5.49. The van der Waals surface area contributed by atoms with E-state index in [0.29, 0.717) is 10.6 Å². The molecule has 0 bridgehead atoms. The summed E-state index contributed by atoms with van der Waals surface area (Å²) >= 11 is 9.59. The van der Waals surface area contributed by atoms with Crippen LogP contribution in [-0.4, -0.2) is 31.2 Å². The molecule has 3 rings (SSSR count). The minimum absolute atomic E-state index is 0.0240. The van der Waals surface area contributed by atoms with Crippen molar-refractivity contribution in [3.8, 4) is 0 Å². The van der Waals surface area contributed by atoms with Crippen molar-refractivity contribution in [2.24, 2.45) is 0 Å². The highest BCUT2D eigenvalue weighted by atomic mass is 79.9. The number of nitrogens with one attached hydrogen (secondary N) is 1. The Morgan fingerprint density at radius 1 is 1.03 bits per heavy atom. The standard InChI is InChI=1S/C22H26BrClN2O3S/c23-18-11-13-20(14-12-18)30(28,29)26(15-17-7-5-6-10-21(17)24)16-22(27)25-19-8-3-1-2-4-9-19/h5-7,10-14,19H,1-4,8-9,15-16H2,(H,25,27). The molecule has 30 heavy (non-hydrogen) atoms. The average molecular weight is 514 g/mol. The number of nitrogens with zero attached hydrogens (tertiary/aromatic N) is 1. The number of rotatable bonds is 7. The molecule has 0 unspecified atom stereocenters. The molecule has 0 saturated heterocycles. The van der Waals surface area contributed by atoms with Crippen LogP contribution in [0.4, 0.5) is 0 Å². The maximum absolute atomic E-state index is 13.3. The van der Waals surface area contributed by atoms with Gasteiger partial charge in [0.05, 0.1) is 11.4 Å². The lowest BCUT2D eigenvalue weighted by Gasteiger charge is -2.24. The minimum atomic E-state index is -3.88. The van der Waals surface area contributed by atoms with Gasteiger partial charge in [-0.3, -0.25) is 4.79 Å². The molecule has 0 heterocycles. The maximum Gasteiger partial charge on any atom is 0.243 e. The monoisotopic (exact) mass is 512 g/mol. The molecular formula is C22H26BrClN2O3S. The summed E-state index contributed by atoms with van der Waals surface area (Å²) in [5.41, 5.74) is 0.655. The highest BCUT2D eigenvalue weighted by Crippen LogP contribution is 2.24. The largest absolute Gasteiger partial charge is 0.352 e. The predicted molar refractivity (Wildman–Crippen MR) is 123 cm³/mol. The van der Waals surface area contributed by atoms with Gasteiger partial charge in [0, 0.05) is 22.1 Å². The van der Waals surface area contributed by atoms with Gasteiger partial charge in [0.25, 0.3) is 0 Å². The molecule has 1 N–H and O–H groups in total. The van der Waals surface area contributed by atoms with Crippen LogP contribution < -0.4 is 5.32 Å². The summed E-state index contributed by atoms with van der Waals surface area (Å²) < 4.78 is 28.6. The Morgan fingerprint density at radius 2 is 1.67 bits per heavy atom. The molecule has 1 saturated carbocycles. The van der Waals surface area contributed by atoms with E-state index >= 15 is 0 Å². The van der Waals surface area contributed by atoms with Crippen molar-refractivity contribution >= 4 is 43.5 Å². The number of benzene rings is 2. The van der Waals surface area contributed by atoms with E-state index in [1.807, 2.05) is 0 Å². The van der Waals surface area contributed by atoms with Crippen molar-refractivity contribution in [2.75, 3.05) is 6.54 Å². The SMILES string of the molecule is O=C(CN(Cc1ccccc1Cl)S(=O)(=O)c1ccc(Br)cc1)NC1CCCCCC1. The van der Waals surface area contributed by atoms with Crippen LogP contribution in [0.2, 0.25) is 5.02 Å². The predicted octanol–water partition coefficient (Wildman–Crippen LogP) is 5.13. The lowest BCUT2D eigenvalue weighted by atomic mass is 10.1. The first-order valence-electron chi connectivity index (χ1n) is 10.1. The molecule has 0 aliphatic heterocycles. The number of amides is 1. The Bertz CT molecular complexity index is 959. The van der Waals surface area contributed by atoms with E-state index in [1.165, 1.54) is 29.3 Å². The van der Waals surface area contributed by atoms with Crippen LogP contribution in [0.1, 0.15) is 44.1 Å². The van der Waals surface area contributed by atoms with E-state index in [2.05, 4.69) is 21.2 Å². The van der Waals surface area contributed by atoms with Crippen molar-refractivity contribution in [1.82, 2.24) is 9.62 Å². The average Bonchev–Trinajstić information content (AvgIpc) is 2.98. The molecule has 0 atom stereocenters. The van der Waals surface area contributed by atoms with Crippen LogP contribution in [0.5, 0.6) is 0 Å². The molecule has 2 aromatic carbocycles. The lowest BCUT2D eigenvalue weighted by Crippen LogP contribution is -2.43. The Hall–Kier alpha value is -1.41. The second-order valence-electron chi connectivity index (χ2n) is 7.57. The van der Waals surface area contributed by atoms with Crippen LogP contribution in [0, 0.1) is 0 Å². The van der Waals surface area contributed by atoms with Gasteiger partial charge in [-0.05, 0) is 48.7 Å². The normalized spacial score (nSPS) is 15.7. The van der Waals surface area contributed by atoms with Crippen LogP contribution >= 0.6 is 27.5 Å². The van der Waals surface area contributed by atoms with Crippen LogP contribution in [0.25, 0.3) is 0 Å². The Kier molecular flexibility index (Phi) is 8.34. The number of hydrogen-bond acceptors (Lipinski definition) is 3. The van der Waals surface area contributed by atoms with Crippen molar-refractivity contribution < 1.29 is 13.2 Å². The molecule has 0 aromatic heterocycles. The van der Waals surface area contributed by atoms with E-state index in [0.717, 1.165) is 30.2 Å². The van der Waals surface area contributed by atoms with E-state index in [9.17, 15) is 13.2 Å². The minimum Gasteiger partial charge on any atom is -0.352 e. The van der Waals surface area contributed by atoms with Crippen LogP contribution in [-0.2, 0) is 21.4 Å². The molecular weight excluding hydrogens is 488 g/mol. The summed E-state index contributed by atoms with van der Waals surface area (Å²) in [5, 5.41) is 3.51. The maximum atomic E-state index is 13.3. The summed E-state index contributed by atoms with van der Waals surface area (Å²) in [4.78, 5) is 12.9. The Balaban J connectivity index is 1.82. The van der Waals surface area contributed by atoms with Crippen molar-refractivity contribution in [3.63, 3.8) is 0 Å². The van der Waals surface area contributed by atoms with Gasteiger partial charge in [0.1, 0.15) is 0 Å². The van der Waals surface area contributed by atoms with E-state index in [-0.39, 0.29) is 29.9 Å². The number of carbonyl (C=O) groups excluding carboxylic acids is 1.